The van der Waals surface area contributed by atoms with Crippen molar-refractivity contribution in [3.8, 4) is 0 Å². The smallest absolute Gasteiger partial charge is 0.347 e. The lowest BCUT2D eigenvalue weighted by Gasteiger charge is -2.33. The summed E-state index contributed by atoms with van der Waals surface area (Å²) in [6, 6.07) is 10.7. The number of thioether (sulfide) groups is 1. The fraction of sp³-hybridized carbons (Fsp3) is 0.385. The predicted molar refractivity (Wildman–Crippen MR) is 128 cm³/mol. The summed E-state index contributed by atoms with van der Waals surface area (Å²) in [6.07, 6.45) is 0.223. The van der Waals surface area contributed by atoms with Crippen LogP contribution in [0.5, 0.6) is 0 Å². The molecule has 2 nitrogen and oxygen atoms in total. The van der Waals surface area contributed by atoms with Gasteiger partial charge in [-0.1, -0.05) is 32.1 Å². The average molecular weight is 477 g/mol. The fourth-order valence-electron chi connectivity index (χ4n) is 4.77. The standard InChI is InChI=1S/C26H28F4N2S/c1-4-21-25(19-11-10-18(27)16-22(19)31(21)3)17-12-14-32(15-13-17)24(5-2)33-23-9-7-6-8-20(23)26(28,29)30/h6-12,16,24H,4-5,13-15H2,1-3H3. The van der Waals surface area contributed by atoms with Crippen molar-refractivity contribution in [2.75, 3.05) is 13.1 Å². The first-order valence-electron chi connectivity index (χ1n) is 11.3. The van der Waals surface area contributed by atoms with Gasteiger partial charge in [0, 0.05) is 41.7 Å². The van der Waals surface area contributed by atoms with E-state index in [2.05, 4.69) is 22.5 Å². The van der Waals surface area contributed by atoms with E-state index in [1.54, 1.807) is 18.2 Å². The van der Waals surface area contributed by atoms with Crippen LogP contribution in [0.3, 0.4) is 0 Å². The highest BCUT2D eigenvalue weighted by Gasteiger charge is 2.34. The van der Waals surface area contributed by atoms with Crippen LogP contribution in [0.2, 0.25) is 0 Å². The van der Waals surface area contributed by atoms with Crippen molar-refractivity contribution in [1.82, 2.24) is 9.47 Å². The monoisotopic (exact) mass is 476 g/mol. The van der Waals surface area contributed by atoms with Gasteiger partial charge in [0.25, 0.3) is 0 Å². The van der Waals surface area contributed by atoms with Gasteiger partial charge in [-0.15, -0.1) is 11.8 Å². The third-order valence-corrected chi connectivity index (χ3v) is 7.91. The van der Waals surface area contributed by atoms with Gasteiger partial charge in [0.05, 0.1) is 16.5 Å². The topological polar surface area (TPSA) is 8.17 Å². The van der Waals surface area contributed by atoms with Crippen molar-refractivity contribution in [1.29, 1.82) is 0 Å². The molecule has 1 aromatic heterocycles. The molecular weight excluding hydrogens is 448 g/mol. The summed E-state index contributed by atoms with van der Waals surface area (Å²) in [7, 11) is 1.97. The number of nitrogens with zero attached hydrogens (tertiary/aromatic N) is 2. The minimum Gasteiger partial charge on any atom is -0.347 e. The number of rotatable bonds is 6. The molecule has 0 amide bonds. The van der Waals surface area contributed by atoms with Gasteiger partial charge in [-0.3, -0.25) is 4.90 Å². The second kappa shape index (κ2) is 9.55. The number of aromatic nitrogens is 1. The molecule has 0 radical (unpaired) electrons. The molecule has 1 atom stereocenters. The highest BCUT2D eigenvalue weighted by Crippen LogP contribution is 2.41. The Kier molecular flexibility index (Phi) is 6.91. The lowest BCUT2D eigenvalue weighted by molar-refractivity contribution is -0.139. The van der Waals surface area contributed by atoms with E-state index in [9.17, 15) is 17.6 Å². The maximum Gasteiger partial charge on any atom is 0.417 e. The van der Waals surface area contributed by atoms with Crippen LogP contribution >= 0.6 is 11.8 Å². The number of benzene rings is 2. The number of hydrogen-bond donors (Lipinski definition) is 0. The van der Waals surface area contributed by atoms with Gasteiger partial charge in [0.2, 0.25) is 0 Å². The summed E-state index contributed by atoms with van der Waals surface area (Å²) in [4.78, 5) is 2.52. The van der Waals surface area contributed by atoms with Gasteiger partial charge in [0.15, 0.2) is 0 Å². The van der Waals surface area contributed by atoms with Gasteiger partial charge in [-0.25, -0.2) is 4.39 Å². The van der Waals surface area contributed by atoms with E-state index in [1.165, 1.54) is 40.7 Å². The van der Waals surface area contributed by atoms with Crippen molar-refractivity contribution in [3.63, 3.8) is 0 Å². The fourth-order valence-corrected chi connectivity index (χ4v) is 6.04. The zero-order chi connectivity index (χ0) is 23.8. The van der Waals surface area contributed by atoms with Crippen LogP contribution in [0.4, 0.5) is 17.6 Å². The van der Waals surface area contributed by atoms with Crippen LogP contribution < -0.4 is 0 Å². The van der Waals surface area contributed by atoms with E-state index in [0.717, 1.165) is 42.8 Å². The molecule has 4 rings (SSSR count). The zero-order valence-electron chi connectivity index (χ0n) is 19.0. The van der Waals surface area contributed by atoms with E-state index < -0.39 is 11.7 Å². The summed E-state index contributed by atoms with van der Waals surface area (Å²) in [5, 5.41) is 1.01. The van der Waals surface area contributed by atoms with Crippen LogP contribution in [0.25, 0.3) is 16.5 Å². The number of fused-ring (bicyclic) bond motifs is 1. The van der Waals surface area contributed by atoms with E-state index >= 15 is 0 Å². The summed E-state index contributed by atoms with van der Waals surface area (Å²) in [5.41, 5.74) is 3.90. The Morgan fingerprint density at radius 2 is 1.85 bits per heavy atom. The van der Waals surface area contributed by atoms with Gasteiger partial charge in [-0.2, -0.15) is 13.2 Å². The lowest BCUT2D eigenvalue weighted by Crippen LogP contribution is -2.36. The number of halogens is 4. The Morgan fingerprint density at radius 1 is 1.09 bits per heavy atom. The van der Waals surface area contributed by atoms with E-state index in [4.69, 9.17) is 0 Å². The highest BCUT2D eigenvalue weighted by molar-refractivity contribution is 8.00. The number of alkyl halides is 3. The second-order valence-electron chi connectivity index (χ2n) is 8.34. The first-order chi connectivity index (χ1) is 15.7. The lowest BCUT2D eigenvalue weighted by atomic mass is 9.95. The predicted octanol–water partition coefficient (Wildman–Crippen LogP) is 7.52. The molecule has 1 unspecified atom stereocenters. The third-order valence-electron chi connectivity index (χ3n) is 6.39. The molecule has 0 bridgehead atoms. The first-order valence-corrected chi connectivity index (χ1v) is 12.2. The Hall–Kier alpha value is -2.25. The maximum absolute atomic E-state index is 13.9. The van der Waals surface area contributed by atoms with Crippen LogP contribution in [-0.4, -0.2) is 27.9 Å². The molecule has 7 heteroatoms. The van der Waals surface area contributed by atoms with E-state index in [1.807, 2.05) is 20.0 Å². The SMILES string of the molecule is CCc1c(C2=CCN(C(CC)Sc3ccccc3C(F)(F)F)CC2)c2ccc(F)cc2n1C. The summed E-state index contributed by atoms with van der Waals surface area (Å²) >= 11 is 1.29. The number of hydrogen-bond acceptors (Lipinski definition) is 2. The van der Waals surface area contributed by atoms with E-state index in [0.29, 0.717) is 6.54 Å². The summed E-state index contributed by atoms with van der Waals surface area (Å²) in [6.45, 7) is 5.56. The Balaban J connectivity index is 1.60. The molecule has 33 heavy (non-hydrogen) atoms. The Bertz CT molecular complexity index is 1180. The molecule has 3 aromatic rings. The van der Waals surface area contributed by atoms with Crippen LogP contribution in [-0.2, 0) is 19.6 Å². The molecule has 176 valence electrons. The highest BCUT2D eigenvalue weighted by atomic mass is 32.2. The Morgan fingerprint density at radius 3 is 2.48 bits per heavy atom. The zero-order valence-corrected chi connectivity index (χ0v) is 19.9. The largest absolute Gasteiger partial charge is 0.417 e. The Labute approximate surface area is 196 Å². The first kappa shape index (κ1) is 23.9. The summed E-state index contributed by atoms with van der Waals surface area (Å²) in [5.74, 6) is -0.247. The normalized spacial score (nSPS) is 16.3. The third kappa shape index (κ3) is 4.71. The molecule has 0 saturated carbocycles. The molecule has 1 aliphatic rings. The van der Waals surface area contributed by atoms with Crippen molar-refractivity contribution in [3.05, 3.63) is 71.2 Å². The average Bonchev–Trinajstić information content (AvgIpc) is 3.08. The molecule has 0 saturated heterocycles. The van der Waals surface area contributed by atoms with Crippen molar-refractivity contribution in [2.24, 2.45) is 7.05 Å². The van der Waals surface area contributed by atoms with Crippen molar-refractivity contribution >= 4 is 28.2 Å². The second-order valence-corrected chi connectivity index (χ2v) is 9.56. The van der Waals surface area contributed by atoms with Gasteiger partial charge in [-0.05, 0) is 55.2 Å². The molecule has 0 spiro atoms. The molecule has 0 aliphatic carbocycles. The molecule has 0 fully saturated rings. The molecule has 0 N–H and O–H groups in total. The van der Waals surface area contributed by atoms with Gasteiger partial charge in [0.1, 0.15) is 5.82 Å². The van der Waals surface area contributed by atoms with Crippen molar-refractivity contribution < 1.29 is 17.6 Å². The van der Waals surface area contributed by atoms with Crippen molar-refractivity contribution in [2.45, 2.75) is 49.6 Å². The van der Waals surface area contributed by atoms with Gasteiger partial charge >= 0.3 is 6.18 Å². The number of aryl methyl sites for hydroxylation is 1. The maximum atomic E-state index is 13.9. The van der Waals surface area contributed by atoms with E-state index in [-0.39, 0.29) is 16.1 Å². The quantitative estimate of drug-likeness (QED) is 0.269. The van der Waals surface area contributed by atoms with Crippen LogP contribution in [0.1, 0.15) is 43.5 Å². The van der Waals surface area contributed by atoms with Crippen LogP contribution in [0, 0.1) is 5.82 Å². The molecule has 2 heterocycles. The molecular formula is C26H28F4N2S. The van der Waals surface area contributed by atoms with Gasteiger partial charge < -0.3 is 4.57 Å². The molecule has 2 aromatic carbocycles. The van der Waals surface area contributed by atoms with Crippen LogP contribution in [0.15, 0.2) is 53.4 Å². The summed E-state index contributed by atoms with van der Waals surface area (Å²) < 4.78 is 56.3. The molecule has 1 aliphatic heterocycles. The minimum atomic E-state index is -4.36. The minimum absolute atomic E-state index is 0.0430.